The zero-order chi connectivity index (χ0) is 13.7. The molecule has 0 saturated carbocycles. The van der Waals surface area contributed by atoms with Crippen LogP contribution in [-0.4, -0.2) is 34.7 Å². The first-order valence-corrected chi connectivity index (χ1v) is 5.36. The monoisotopic (exact) mass is 255 g/mol. The fourth-order valence-electron chi connectivity index (χ4n) is 1.46. The van der Waals surface area contributed by atoms with Crippen molar-refractivity contribution >= 4 is 11.9 Å². The van der Waals surface area contributed by atoms with Crippen LogP contribution in [0.3, 0.4) is 0 Å². The summed E-state index contributed by atoms with van der Waals surface area (Å²) in [4.78, 5) is 22.6. The standard InChI is InChI=1S/C12H14FNO4/c1-7-2-3-8(13)6-9(7)11(16)14-10(4-5-15)12(17)18/h2-3,6,10,15H,4-5H2,1H3,(H,14,16)(H,17,18). The zero-order valence-corrected chi connectivity index (χ0v) is 9.81. The number of carbonyl (C=O) groups excluding carboxylic acids is 1. The number of aliphatic carboxylic acids is 1. The molecule has 0 heterocycles. The van der Waals surface area contributed by atoms with E-state index in [1.807, 2.05) is 0 Å². The van der Waals surface area contributed by atoms with E-state index >= 15 is 0 Å². The average molecular weight is 255 g/mol. The predicted octanol–water partition coefficient (Wildman–Crippen LogP) is 0.700. The number of amides is 1. The van der Waals surface area contributed by atoms with E-state index in [2.05, 4.69) is 5.32 Å². The van der Waals surface area contributed by atoms with Crippen LogP contribution in [0, 0.1) is 12.7 Å². The fraction of sp³-hybridized carbons (Fsp3) is 0.333. The molecule has 5 nitrogen and oxygen atoms in total. The summed E-state index contributed by atoms with van der Waals surface area (Å²) < 4.78 is 13.0. The van der Waals surface area contributed by atoms with Crippen LogP contribution in [-0.2, 0) is 4.79 Å². The Bertz CT molecular complexity index is 461. The highest BCUT2D eigenvalue weighted by atomic mass is 19.1. The number of aliphatic hydroxyl groups excluding tert-OH is 1. The van der Waals surface area contributed by atoms with E-state index in [9.17, 15) is 14.0 Å². The molecule has 1 amide bonds. The molecule has 0 saturated heterocycles. The number of aliphatic hydroxyl groups is 1. The fourth-order valence-corrected chi connectivity index (χ4v) is 1.46. The van der Waals surface area contributed by atoms with Crippen LogP contribution in [0.15, 0.2) is 18.2 Å². The largest absolute Gasteiger partial charge is 0.480 e. The van der Waals surface area contributed by atoms with Crippen LogP contribution in [0.1, 0.15) is 22.3 Å². The van der Waals surface area contributed by atoms with Gasteiger partial charge >= 0.3 is 5.97 Å². The molecule has 6 heteroatoms. The van der Waals surface area contributed by atoms with Crippen LogP contribution >= 0.6 is 0 Å². The SMILES string of the molecule is Cc1ccc(F)cc1C(=O)NC(CCO)C(=O)O. The van der Waals surface area contributed by atoms with Crippen LogP contribution in [0.5, 0.6) is 0 Å². The number of carboxylic acids is 1. The molecule has 1 rings (SSSR count). The summed E-state index contributed by atoms with van der Waals surface area (Å²) in [7, 11) is 0. The first-order chi connectivity index (χ1) is 8.45. The number of benzene rings is 1. The molecule has 18 heavy (non-hydrogen) atoms. The van der Waals surface area contributed by atoms with Gasteiger partial charge in [-0.25, -0.2) is 9.18 Å². The molecular formula is C12H14FNO4. The summed E-state index contributed by atoms with van der Waals surface area (Å²) in [6, 6.07) is 2.51. The van der Waals surface area contributed by atoms with Crippen LogP contribution < -0.4 is 5.32 Å². The smallest absolute Gasteiger partial charge is 0.326 e. The van der Waals surface area contributed by atoms with Gasteiger partial charge in [-0.1, -0.05) is 6.07 Å². The lowest BCUT2D eigenvalue weighted by molar-refractivity contribution is -0.139. The number of hydrogen-bond donors (Lipinski definition) is 3. The number of carbonyl (C=O) groups is 2. The van der Waals surface area contributed by atoms with Gasteiger partial charge in [-0.3, -0.25) is 4.79 Å². The molecule has 0 fully saturated rings. The third-order valence-electron chi connectivity index (χ3n) is 2.47. The average Bonchev–Trinajstić information content (AvgIpc) is 2.31. The molecule has 0 aliphatic carbocycles. The summed E-state index contributed by atoms with van der Waals surface area (Å²) in [6.07, 6.45) is -0.102. The second-order valence-electron chi connectivity index (χ2n) is 3.84. The van der Waals surface area contributed by atoms with Crippen molar-refractivity contribution in [3.8, 4) is 0 Å². The van der Waals surface area contributed by atoms with Crippen LogP contribution in [0.2, 0.25) is 0 Å². The van der Waals surface area contributed by atoms with Gasteiger partial charge in [0.05, 0.1) is 0 Å². The van der Waals surface area contributed by atoms with Gasteiger partial charge in [0.1, 0.15) is 11.9 Å². The van der Waals surface area contributed by atoms with Gasteiger partial charge in [-0.05, 0) is 24.6 Å². The van der Waals surface area contributed by atoms with Crippen molar-refractivity contribution in [3.63, 3.8) is 0 Å². The van der Waals surface area contributed by atoms with E-state index in [1.165, 1.54) is 12.1 Å². The summed E-state index contributed by atoms with van der Waals surface area (Å²) >= 11 is 0. The van der Waals surface area contributed by atoms with Crippen LogP contribution in [0.25, 0.3) is 0 Å². The second kappa shape index (κ2) is 6.11. The molecule has 0 aliphatic heterocycles. The molecule has 1 unspecified atom stereocenters. The van der Waals surface area contributed by atoms with E-state index in [4.69, 9.17) is 10.2 Å². The van der Waals surface area contributed by atoms with Crippen molar-refractivity contribution in [2.45, 2.75) is 19.4 Å². The third kappa shape index (κ3) is 3.53. The Labute approximate surface area is 103 Å². The normalized spacial score (nSPS) is 11.9. The number of nitrogens with one attached hydrogen (secondary N) is 1. The van der Waals surface area contributed by atoms with Crippen molar-refractivity contribution in [3.05, 3.63) is 35.1 Å². The molecular weight excluding hydrogens is 241 g/mol. The lowest BCUT2D eigenvalue weighted by Gasteiger charge is -2.14. The molecule has 0 aromatic heterocycles. The lowest BCUT2D eigenvalue weighted by atomic mass is 10.1. The van der Waals surface area contributed by atoms with Gasteiger partial charge in [0.25, 0.3) is 5.91 Å². The summed E-state index contributed by atoms with van der Waals surface area (Å²) in [5, 5.41) is 19.8. The summed E-state index contributed by atoms with van der Waals surface area (Å²) in [5.41, 5.74) is 0.626. The molecule has 0 aliphatic rings. The zero-order valence-electron chi connectivity index (χ0n) is 9.81. The number of halogens is 1. The van der Waals surface area contributed by atoms with Crippen LogP contribution in [0.4, 0.5) is 4.39 Å². The number of carboxylic acid groups (broad SMARTS) is 1. The molecule has 3 N–H and O–H groups in total. The number of aryl methyl sites for hydroxylation is 1. The Morgan fingerprint density at radius 2 is 2.11 bits per heavy atom. The molecule has 0 spiro atoms. The minimum Gasteiger partial charge on any atom is -0.480 e. The van der Waals surface area contributed by atoms with Crippen molar-refractivity contribution in [1.29, 1.82) is 0 Å². The van der Waals surface area contributed by atoms with Crippen molar-refractivity contribution in [2.75, 3.05) is 6.61 Å². The second-order valence-corrected chi connectivity index (χ2v) is 3.84. The summed E-state index contributed by atoms with van der Waals surface area (Å²) in [5.74, 6) is -2.49. The first-order valence-electron chi connectivity index (χ1n) is 5.36. The molecule has 1 aromatic rings. The molecule has 0 radical (unpaired) electrons. The highest BCUT2D eigenvalue weighted by Crippen LogP contribution is 2.10. The van der Waals surface area contributed by atoms with E-state index in [0.717, 1.165) is 6.07 Å². The van der Waals surface area contributed by atoms with Gasteiger partial charge in [-0.15, -0.1) is 0 Å². The Balaban J connectivity index is 2.86. The van der Waals surface area contributed by atoms with Gasteiger partial charge in [0.15, 0.2) is 0 Å². The highest BCUT2D eigenvalue weighted by Gasteiger charge is 2.21. The van der Waals surface area contributed by atoms with Gasteiger partial charge < -0.3 is 15.5 Å². The quantitative estimate of drug-likeness (QED) is 0.722. The van der Waals surface area contributed by atoms with E-state index in [1.54, 1.807) is 6.92 Å². The highest BCUT2D eigenvalue weighted by molar-refractivity contribution is 5.97. The maximum atomic E-state index is 13.0. The third-order valence-corrected chi connectivity index (χ3v) is 2.47. The maximum Gasteiger partial charge on any atom is 0.326 e. The number of rotatable bonds is 5. The Kier molecular flexibility index (Phi) is 4.79. The Hall–Kier alpha value is -1.95. The molecule has 0 bridgehead atoms. The van der Waals surface area contributed by atoms with Gasteiger partial charge in [0, 0.05) is 18.6 Å². The lowest BCUT2D eigenvalue weighted by Crippen LogP contribution is -2.41. The van der Waals surface area contributed by atoms with Crippen molar-refractivity contribution in [2.24, 2.45) is 0 Å². The maximum absolute atomic E-state index is 13.0. The minimum absolute atomic E-state index is 0.0826. The van der Waals surface area contributed by atoms with Gasteiger partial charge in [0.2, 0.25) is 0 Å². The molecule has 1 aromatic carbocycles. The molecule has 98 valence electrons. The molecule has 1 atom stereocenters. The first kappa shape index (κ1) is 14.1. The topological polar surface area (TPSA) is 86.6 Å². The number of hydrogen-bond acceptors (Lipinski definition) is 3. The van der Waals surface area contributed by atoms with Gasteiger partial charge in [-0.2, -0.15) is 0 Å². The van der Waals surface area contributed by atoms with Crippen molar-refractivity contribution < 1.29 is 24.2 Å². The van der Waals surface area contributed by atoms with Crippen molar-refractivity contribution in [1.82, 2.24) is 5.32 Å². The Morgan fingerprint density at radius 3 is 2.67 bits per heavy atom. The Morgan fingerprint density at radius 1 is 1.44 bits per heavy atom. The summed E-state index contributed by atoms with van der Waals surface area (Å²) in [6.45, 7) is 1.26. The van der Waals surface area contributed by atoms with E-state index < -0.39 is 23.7 Å². The van der Waals surface area contributed by atoms with E-state index in [-0.39, 0.29) is 18.6 Å². The minimum atomic E-state index is -1.24. The van der Waals surface area contributed by atoms with E-state index in [0.29, 0.717) is 5.56 Å². The predicted molar refractivity (Wildman–Crippen MR) is 61.7 cm³/mol.